The average molecular weight is 368 g/mol. The average Bonchev–Trinajstić information content (AvgIpc) is 3.16. The summed E-state index contributed by atoms with van der Waals surface area (Å²) in [6, 6.07) is 12.2. The highest BCUT2D eigenvalue weighted by Crippen LogP contribution is 2.35. The molecule has 4 rings (SSSR count). The first-order valence-electron chi connectivity index (χ1n) is 7.88. The summed E-state index contributed by atoms with van der Waals surface area (Å²) in [4.78, 5) is 22.3. The molecule has 0 saturated heterocycles. The summed E-state index contributed by atoms with van der Waals surface area (Å²) in [6.45, 7) is 0.189. The number of carbonyl (C=O) groups is 1. The Bertz CT molecular complexity index is 1000. The predicted molar refractivity (Wildman–Crippen MR) is 90.7 cm³/mol. The van der Waals surface area contributed by atoms with Crippen molar-refractivity contribution >= 4 is 17.6 Å². The number of non-ortho nitro benzene ring substituents is 1. The number of amides is 1. The van der Waals surface area contributed by atoms with Crippen molar-refractivity contribution in [2.75, 3.05) is 11.9 Å². The number of hydrogen-bond donors (Lipinski definition) is 1. The summed E-state index contributed by atoms with van der Waals surface area (Å²) in [5.41, 5.74) is 0.105. The smallest absolute Gasteiger partial charge is 0.322 e. The molecule has 1 N–H and O–H groups in total. The van der Waals surface area contributed by atoms with Crippen LogP contribution in [0.15, 0.2) is 52.9 Å². The Morgan fingerprint density at radius 1 is 1.11 bits per heavy atom. The fourth-order valence-corrected chi connectivity index (χ4v) is 2.46. The lowest BCUT2D eigenvalue weighted by atomic mass is 10.2. The maximum atomic E-state index is 12.2. The monoisotopic (exact) mass is 368 g/mol. The lowest BCUT2D eigenvalue weighted by molar-refractivity contribution is -0.384. The fourth-order valence-electron chi connectivity index (χ4n) is 2.46. The molecule has 1 aromatic heterocycles. The molecule has 27 heavy (non-hydrogen) atoms. The van der Waals surface area contributed by atoms with Gasteiger partial charge in [-0.05, 0) is 24.3 Å². The number of nitro groups is 1. The maximum absolute atomic E-state index is 12.2. The lowest BCUT2D eigenvalue weighted by Crippen LogP contribution is -2.21. The molecule has 0 unspecified atom stereocenters. The van der Waals surface area contributed by atoms with Gasteiger partial charge in [0.25, 0.3) is 17.5 Å². The number of ether oxygens (including phenoxy) is 2. The quantitative estimate of drug-likeness (QED) is 0.549. The zero-order valence-electron chi connectivity index (χ0n) is 13.7. The molecule has 0 saturated carbocycles. The van der Waals surface area contributed by atoms with Crippen LogP contribution in [0.4, 0.5) is 11.7 Å². The minimum Gasteiger partial charge on any atom is -0.485 e. The zero-order valence-corrected chi connectivity index (χ0v) is 13.7. The molecule has 1 aliphatic rings. The Kier molecular flexibility index (Phi) is 4.13. The Morgan fingerprint density at radius 3 is 2.59 bits per heavy atom. The minimum atomic E-state index is -0.600. The molecule has 1 atom stereocenters. The number of hydrogen-bond acceptors (Lipinski definition) is 8. The van der Waals surface area contributed by atoms with Gasteiger partial charge in [-0.2, -0.15) is 0 Å². The Morgan fingerprint density at radius 2 is 1.85 bits per heavy atom. The number of rotatable bonds is 4. The molecule has 1 amide bonds. The number of fused-ring (bicyclic) bond motifs is 1. The first-order valence-corrected chi connectivity index (χ1v) is 7.88. The molecule has 0 radical (unpaired) electrons. The van der Waals surface area contributed by atoms with Crippen molar-refractivity contribution in [3.8, 4) is 11.5 Å². The largest absolute Gasteiger partial charge is 0.485 e. The van der Waals surface area contributed by atoms with Crippen LogP contribution in [0.25, 0.3) is 0 Å². The molecular formula is C17H12N4O6. The van der Waals surface area contributed by atoms with Crippen LogP contribution in [0.5, 0.6) is 11.5 Å². The van der Waals surface area contributed by atoms with Gasteiger partial charge in [0.1, 0.15) is 6.61 Å². The molecule has 10 nitrogen and oxygen atoms in total. The van der Waals surface area contributed by atoms with Crippen LogP contribution < -0.4 is 14.8 Å². The summed E-state index contributed by atoms with van der Waals surface area (Å²) in [6.07, 6.45) is -0.600. The summed E-state index contributed by atoms with van der Waals surface area (Å²) >= 11 is 0. The third-order valence-electron chi connectivity index (χ3n) is 3.79. The van der Waals surface area contributed by atoms with Crippen molar-refractivity contribution in [2.45, 2.75) is 6.10 Å². The molecule has 3 aromatic rings. The molecule has 136 valence electrons. The second-order valence-corrected chi connectivity index (χ2v) is 5.57. The minimum absolute atomic E-state index is 0.110. The molecule has 10 heteroatoms. The first kappa shape index (κ1) is 16.5. The molecule has 2 heterocycles. The highest BCUT2D eigenvalue weighted by atomic mass is 16.6. The first-order chi connectivity index (χ1) is 13.1. The topological polar surface area (TPSA) is 130 Å². The summed E-state index contributed by atoms with van der Waals surface area (Å²) in [7, 11) is 0. The Balaban J connectivity index is 1.44. The van der Waals surface area contributed by atoms with E-state index in [9.17, 15) is 14.9 Å². The molecule has 0 fully saturated rings. The number of carbonyl (C=O) groups excluding carboxylic acids is 1. The van der Waals surface area contributed by atoms with E-state index in [1.54, 1.807) is 12.1 Å². The van der Waals surface area contributed by atoms with E-state index in [0.29, 0.717) is 11.5 Å². The number of para-hydroxylation sites is 2. The second-order valence-electron chi connectivity index (χ2n) is 5.57. The van der Waals surface area contributed by atoms with Crippen LogP contribution in [0.3, 0.4) is 0 Å². The van der Waals surface area contributed by atoms with Gasteiger partial charge in [-0.25, -0.2) is 0 Å². The molecule has 0 aliphatic carbocycles. The van der Waals surface area contributed by atoms with Crippen LogP contribution in [-0.4, -0.2) is 27.6 Å². The number of anilines is 1. The number of benzene rings is 2. The van der Waals surface area contributed by atoms with Crippen molar-refractivity contribution < 1.29 is 23.6 Å². The summed E-state index contributed by atoms with van der Waals surface area (Å²) in [5, 5.41) is 20.7. The van der Waals surface area contributed by atoms with E-state index in [1.807, 2.05) is 12.1 Å². The van der Waals surface area contributed by atoms with Gasteiger partial charge >= 0.3 is 6.01 Å². The molecule has 0 spiro atoms. The van der Waals surface area contributed by atoms with E-state index in [4.69, 9.17) is 13.9 Å². The Hall–Kier alpha value is -3.95. The van der Waals surface area contributed by atoms with Gasteiger partial charge in [0.2, 0.25) is 6.10 Å². The van der Waals surface area contributed by atoms with Crippen molar-refractivity contribution in [1.82, 2.24) is 10.2 Å². The second kappa shape index (κ2) is 6.75. The van der Waals surface area contributed by atoms with Crippen LogP contribution in [0.2, 0.25) is 0 Å². The van der Waals surface area contributed by atoms with E-state index < -0.39 is 16.9 Å². The van der Waals surface area contributed by atoms with Crippen molar-refractivity contribution in [3.05, 3.63) is 70.1 Å². The van der Waals surface area contributed by atoms with Gasteiger partial charge in [0.15, 0.2) is 11.5 Å². The van der Waals surface area contributed by atoms with Gasteiger partial charge in [-0.1, -0.05) is 17.2 Å². The van der Waals surface area contributed by atoms with Crippen molar-refractivity contribution in [3.63, 3.8) is 0 Å². The molecule has 2 aromatic carbocycles. The van der Waals surface area contributed by atoms with Crippen LogP contribution >= 0.6 is 0 Å². The van der Waals surface area contributed by atoms with Gasteiger partial charge in [-0.3, -0.25) is 20.2 Å². The SMILES string of the molecule is O=C(Nc1nnc([C@H]2COc3ccccc3O2)o1)c1ccc([N+](=O)[O-])cc1. The van der Waals surface area contributed by atoms with Gasteiger partial charge in [0.05, 0.1) is 4.92 Å². The molecule has 0 bridgehead atoms. The highest BCUT2D eigenvalue weighted by Gasteiger charge is 2.27. The number of nitro benzene ring substituents is 1. The highest BCUT2D eigenvalue weighted by molar-refractivity contribution is 6.03. The van der Waals surface area contributed by atoms with Crippen LogP contribution in [-0.2, 0) is 0 Å². The fraction of sp³-hybridized carbons (Fsp3) is 0.118. The zero-order chi connectivity index (χ0) is 18.8. The number of nitrogens with one attached hydrogen (secondary N) is 1. The third kappa shape index (κ3) is 3.40. The van der Waals surface area contributed by atoms with Gasteiger partial charge in [0, 0.05) is 17.7 Å². The standard InChI is InChI=1S/C17H12N4O6/c22-15(10-5-7-11(8-6-10)21(23)24)18-17-20-19-16(27-17)14-9-25-12-3-1-2-4-13(12)26-14/h1-8,14H,9H2,(H,18,20,22)/t14-/m1/s1. The van der Waals surface area contributed by atoms with E-state index in [-0.39, 0.29) is 29.8 Å². The van der Waals surface area contributed by atoms with Gasteiger partial charge in [-0.15, -0.1) is 5.10 Å². The summed E-state index contributed by atoms with van der Waals surface area (Å²) in [5.74, 6) is 0.804. The third-order valence-corrected chi connectivity index (χ3v) is 3.79. The van der Waals surface area contributed by atoms with E-state index in [0.717, 1.165) is 0 Å². The Labute approximate surface area is 151 Å². The van der Waals surface area contributed by atoms with Crippen molar-refractivity contribution in [1.29, 1.82) is 0 Å². The van der Waals surface area contributed by atoms with E-state index >= 15 is 0 Å². The predicted octanol–water partition coefficient (Wildman–Crippen LogP) is 2.74. The van der Waals surface area contributed by atoms with Gasteiger partial charge < -0.3 is 13.9 Å². The number of aromatic nitrogens is 2. The van der Waals surface area contributed by atoms with Crippen molar-refractivity contribution in [2.24, 2.45) is 0 Å². The van der Waals surface area contributed by atoms with E-state index in [2.05, 4.69) is 15.5 Å². The molecule has 1 aliphatic heterocycles. The number of nitrogens with zero attached hydrogens (tertiary/aromatic N) is 3. The lowest BCUT2D eigenvalue weighted by Gasteiger charge is -2.23. The van der Waals surface area contributed by atoms with Crippen LogP contribution in [0.1, 0.15) is 22.4 Å². The van der Waals surface area contributed by atoms with E-state index in [1.165, 1.54) is 24.3 Å². The maximum Gasteiger partial charge on any atom is 0.322 e. The molecular weight excluding hydrogens is 356 g/mol. The normalized spacial score (nSPS) is 15.2. The van der Waals surface area contributed by atoms with Crippen LogP contribution in [0, 0.1) is 10.1 Å². The summed E-state index contributed by atoms with van der Waals surface area (Å²) < 4.78 is 16.8.